The Kier molecular flexibility index (Phi) is 3.98. The number of amides is 1. The van der Waals surface area contributed by atoms with Crippen LogP contribution < -0.4 is 0 Å². The maximum Gasteiger partial charge on any atom is 0.227 e. The van der Waals surface area contributed by atoms with Gasteiger partial charge in [0.15, 0.2) is 0 Å². The Morgan fingerprint density at radius 3 is 2.75 bits per heavy atom. The van der Waals surface area contributed by atoms with E-state index in [0.717, 1.165) is 29.7 Å². The lowest BCUT2D eigenvalue weighted by Gasteiger charge is -2.22. The summed E-state index contributed by atoms with van der Waals surface area (Å²) in [6, 6.07) is 13.8. The number of carbonyl (C=O) groups is 1. The quantitative estimate of drug-likeness (QED) is 0.710. The lowest BCUT2D eigenvalue weighted by atomic mass is 10.1. The molecule has 0 spiro atoms. The van der Waals surface area contributed by atoms with Gasteiger partial charge < -0.3 is 9.30 Å². The van der Waals surface area contributed by atoms with Gasteiger partial charge in [0.1, 0.15) is 5.65 Å². The van der Waals surface area contributed by atoms with E-state index in [1.54, 1.807) is 0 Å². The van der Waals surface area contributed by atoms with E-state index in [1.165, 1.54) is 0 Å². The van der Waals surface area contributed by atoms with Crippen molar-refractivity contribution >= 4 is 23.2 Å². The highest BCUT2D eigenvalue weighted by Crippen LogP contribution is 2.29. The minimum Gasteiger partial charge on any atom is -0.334 e. The third kappa shape index (κ3) is 3.15. The molecule has 0 aliphatic heterocycles. The van der Waals surface area contributed by atoms with Crippen LogP contribution in [0.5, 0.6) is 0 Å². The van der Waals surface area contributed by atoms with E-state index >= 15 is 0 Å². The molecule has 1 fully saturated rings. The summed E-state index contributed by atoms with van der Waals surface area (Å²) in [7, 11) is 0. The average molecular weight is 340 g/mol. The first-order valence-electron chi connectivity index (χ1n) is 8.15. The van der Waals surface area contributed by atoms with Crippen LogP contribution in [0.25, 0.3) is 5.65 Å². The molecule has 0 saturated heterocycles. The summed E-state index contributed by atoms with van der Waals surface area (Å²) >= 11 is 5.92. The molecule has 0 radical (unpaired) electrons. The van der Waals surface area contributed by atoms with Crippen molar-refractivity contribution in [3.05, 3.63) is 71.1 Å². The first kappa shape index (κ1) is 15.2. The second-order valence-corrected chi connectivity index (χ2v) is 6.67. The predicted octanol–water partition coefficient (Wildman–Crippen LogP) is 3.72. The summed E-state index contributed by atoms with van der Waals surface area (Å²) in [5.41, 5.74) is 2.95. The lowest BCUT2D eigenvalue weighted by Crippen LogP contribution is -2.34. The van der Waals surface area contributed by atoms with Gasteiger partial charge in [0.2, 0.25) is 5.91 Å². The van der Waals surface area contributed by atoms with Gasteiger partial charge in [-0.1, -0.05) is 29.8 Å². The molecule has 1 saturated carbocycles. The lowest BCUT2D eigenvalue weighted by molar-refractivity contribution is -0.131. The molecule has 0 unspecified atom stereocenters. The standard InChI is InChI=1S/C19H18ClN3O/c20-15-6-4-14(5-7-15)11-19(24)23(16-8-9-16)13-17-12-21-18-3-1-2-10-22(17)18/h1-7,10,12,16H,8-9,11,13H2. The van der Waals surface area contributed by atoms with Crippen molar-refractivity contribution < 1.29 is 4.79 Å². The molecule has 0 bridgehead atoms. The van der Waals surface area contributed by atoms with Crippen LogP contribution in [-0.4, -0.2) is 26.2 Å². The zero-order valence-corrected chi connectivity index (χ0v) is 14.0. The van der Waals surface area contributed by atoms with Gasteiger partial charge in [0.05, 0.1) is 24.9 Å². The van der Waals surface area contributed by atoms with Gasteiger partial charge in [-0.15, -0.1) is 0 Å². The number of halogens is 1. The largest absolute Gasteiger partial charge is 0.334 e. The summed E-state index contributed by atoms with van der Waals surface area (Å²) in [6.07, 6.45) is 6.43. The van der Waals surface area contributed by atoms with E-state index in [0.29, 0.717) is 24.0 Å². The van der Waals surface area contributed by atoms with Crippen LogP contribution in [-0.2, 0) is 17.8 Å². The number of pyridine rings is 1. The SMILES string of the molecule is O=C(Cc1ccc(Cl)cc1)N(Cc1cnc2ccccn12)C1CC1. The van der Waals surface area contributed by atoms with Gasteiger partial charge in [0, 0.05) is 17.3 Å². The molecule has 0 atom stereocenters. The molecule has 5 heteroatoms. The zero-order valence-electron chi connectivity index (χ0n) is 13.2. The molecule has 3 aromatic rings. The summed E-state index contributed by atoms with van der Waals surface area (Å²) in [4.78, 5) is 19.2. The minimum atomic E-state index is 0.158. The fourth-order valence-corrected chi connectivity index (χ4v) is 3.09. The molecule has 24 heavy (non-hydrogen) atoms. The van der Waals surface area contributed by atoms with E-state index in [4.69, 9.17) is 11.6 Å². The summed E-state index contributed by atoms with van der Waals surface area (Å²) in [5.74, 6) is 0.158. The summed E-state index contributed by atoms with van der Waals surface area (Å²) in [6.45, 7) is 0.599. The van der Waals surface area contributed by atoms with Gasteiger partial charge in [-0.25, -0.2) is 4.98 Å². The minimum absolute atomic E-state index is 0.158. The van der Waals surface area contributed by atoms with Crippen LogP contribution in [0.15, 0.2) is 54.9 Å². The average Bonchev–Trinajstić information content (AvgIpc) is 3.35. The van der Waals surface area contributed by atoms with Crippen molar-refractivity contribution in [2.24, 2.45) is 0 Å². The van der Waals surface area contributed by atoms with Gasteiger partial charge in [0.25, 0.3) is 0 Å². The summed E-state index contributed by atoms with van der Waals surface area (Å²) < 4.78 is 2.05. The zero-order chi connectivity index (χ0) is 16.5. The second kappa shape index (κ2) is 6.29. The molecular weight excluding hydrogens is 322 g/mol. The highest BCUT2D eigenvalue weighted by atomic mass is 35.5. The number of carbonyl (C=O) groups excluding carboxylic acids is 1. The van der Waals surface area contributed by atoms with Crippen LogP contribution in [0.4, 0.5) is 0 Å². The van der Waals surface area contributed by atoms with Crippen LogP contribution in [0.3, 0.4) is 0 Å². The Hall–Kier alpha value is -2.33. The number of hydrogen-bond acceptors (Lipinski definition) is 2. The molecule has 2 aromatic heterocycles. The number of fused-ring (bicyclic) bond motifs is 1. The van der Waals surface area contributed by atoms with Crippen molar-refractivity contribution in [1.82, 2.24) is 14.3 Å². The first-order chi connectivity index (χ1) is 11.7. The Balaban J connectivity index is 1.54. The maximum atomic E-state index is 12.8. The van der Waals surface area contributed by atoms with Crippen molar-refractivity contribution in [2.45, 2.75) is 31.8 Å². The Morgan fingerprint density at radius 1 is 1.21 bits per heavy atom. The van der Waals surface area contributed by atoms with Crippen LogP contribution in [0.2, 0.25) is 5.02 Å². The Morgan fingerprint density at radius 2 is 2.00 bits per heavy atom. The maximum absolute atomic E-state index is 12.8. The normalized spacial score (nSPS) is 14.0. The van der Waals surface area contributed by atoms with Crippen LogP contribution >= 0.6 is 11.6 Å². The smallest absolute Gasteiger partial charge is 0.227 e. The number of imidazole rings is 1. The van der Waals surface area contributed by atoms with Crippen molar-refractivity contribution in [1.29, 1.82) is 0 Å². The first-order valence-corrected chi connectivity index (χ1v) is 8.53. The van der Waals surface area contributed by atoms with Gasteiger partial charge in [-0.2, -0.15) is 0 Å². The number of rotatable bonds is 5. The molecule has 1 amide bonds. The number of nitrogens with zero attached hydrogens (tertiary/aromatic N) is 3. The van der Waals surface area contributed by atoms with E-state index in [2.05, 4.69) is 4.98 Å². The second-order valence-electron chi connectivity index (χ2n) is 6.23. The van der Waals surface area contributed by atoms with Crippen LogP contribution in [0, 0.1) is 0 Å². The monoisotopic (exact) mass is 339 g/mol. The van der Waals surface area contributed by atoms with Gasteiger partial charge >= 0.3 is 0 Å². The van der Waals surface area contributed by atoms with E-state index in [-0.39, 0.29) is 5.91 Å². The molecule has 4 rings (SSSR count). The number of hydrogen-bond donors (Lipinski definition) is 0. The molecule has 1 aliphatic carbocycles. The fourth-order valence-electron chi connectivity index (χ4n) is 2.96. The topological polar surface area (TPSA) is 37.6 Å². The highest BCUT2D eigenvalue weighted by molar-refractivity contribution is 6.30. The van der Waals surface area contributed by atoms with Crippen LogP contribution in [0.1, 0.15) is 24.1 Å². The molecular formula is C19H18ClN3O. The third-order valence-electron chi connectivity index (χ3n) is 4.40. The number of benzene rings is 1. The number of aromatic nitrogens is 2. The summed E-state index contributed by atoms with van der Waals surface area (Å²) in [5, 5.41) is 0.691. The molecule has 0 N–H and O–H groups in total. The Bertz CT molecular complexity index is 868. The van der Waals surface area contributed by atoms with E-state index < -0.39 is 0 Å². The highest BCUT2D eigenvalue weighted by Gasteiger charge is 2.32. The molecule has 122 valence electrons. The van der Waals surface area contributed by atoms with E-state index in [1.807, 2.05) is 64.2 Å². The van der Waals surface area contributed by atoms with Crippen molar-refractivity contribution in [3.8, 4) is 0 Å². The third-order valence-corrected chi connectivity index (χ3v) is 4.65. The predicted molar refractivity (Wildman–Crippen MR) is 93.9 cm³/mol. The molecule has 1 aliphatic rings. The molecule has 4 nitrogen and oxygen atoms in total. The van der Waals surface area contributed by atoms with Crippen molar-refractivity contribution in [3.63, 3.8) is 0 Å². The van der Waals surface area contributed by atoms with Gasteiger partial charge in [-0.05, 0) is 42.7 Å². The van der Waals surface area contributed by atoms with Gasteiger partial charge in [-0.3, -0.25) is 4.79 Å². The van der Waals surface area contributed by atoms with E-state index in [9.17, 15) is 4.79 Å². The fraction of sp³-hybridized carbons (Fsp3) is 0.263. The molecule has 1 aromatic carbocycles. The molecule has 2 heterocycles. The Labute approximate surface area is 145 Å². The van der Waals surface area contributed by atoms with Crippen molar-refractivity contribution in [2.75, 3.05) is 0 Å².